The molecule has 1 aliphatic rings. The van der Waals surface area contributed by atoms with Crippen molar-refractivity contribution in [3.63, 3.8) is 0 Å². The molecule has 0 saturated heterocycles. The Morgan fingerprint density at radius 1 is 1.22 bits per heavy atom. The molecule has 1 atom stereocenters. The van der Waals surface area contributed by atoms with Crippen LogP contribution in [-0.2, 0) is 14.3 Å². The third kappa shape index (κ3) is 5.02. The number of thiocarbonyl (C=S) groups is 1. The van der Waals surface area contributed by atoms with Gasteiger partial charge in [0.1, 0.15) is 6.61 Å². The van der Waals surface area contributed by atoms with Crippen LogP contribution in [0.25, 0.3) is 0 Å². The van der Waals surface area contributed by atoms with Gasteiger partial charge in [0, 0.05) is 46.2 Å². The first-order valence-corrected chi connectivity index (χ1v) is 10.6. The number of benzene rings is 2. The van der Waals surface area contributed by atoms with E-state index in [0.717, 1.165) is 0 Å². The van der Waals surface area contributed by atoms with Gasteiger partial charge in [-0.15, -0.1) is 0 Å². The van der Waals surface area contributed by atoms with Crippen molar-refractivity contribution in [2.24, 2.45) is 0 Å². The van der Waals surface area contributed by atoms with E-state index in [-0.39, 0.29) is 34.6 Å². The molecule has 32 heavy (non-hydrogen) atoms. The minimum atomic E-state index is -0.853. The Bertz CT molecular complexity index is 1090. The van der Waals surface area contributed by atoms with E-state index in [9.17, 15) is 14.9 Å². The number of ether oxygens (including phenoxy) is 2. The lowest BCUT2D eigenvalue weighted by atomic mass is 9.94. The molecule has 0 bridgehead atoms. The average molecular weight is 496 g/mol. The molecule has 1 unspecified atom stereocenters. The fourth-order valence-electron chi connectivity index (χ4n) is 3.30. The Labute approximate surface area is 199 Å². The third-order valence-corrected chi connectivity index (χ3v) is 5.71. The van der Waals surface area contributed by atoms with E-state index in [1.165, 1.54) is 25.3 Å². The highest BCUT2D eigenvalue weighted by atomic mass is 35.5. The number of hydrogen-bond acceptors (Lipinski definition) is 6. The van der Waals surface area contributed by atoms with Crippen LogP contribution in [0.4, 0.5) is 11.4 Å². The SMILES string of the molecule is COCCOC(=O)C1=C(C)N(c2ccc(Cl)cc2)C(=S)NC1c1cc([N+](=O)[O-])ccc1Cl. The Morgan fingerprint density at radius 3 is 2.53 bits per heavy atom. The summed E-state index contributed by atoms with van der Waals surface area (Å²) >= 11 is 17.9. The second kappa shape index (κ2) is 10.3. The summed E-state index contributed by atoms with van der Waals surface area (Å²) in [7, 11) is 1.49. The van der Waals surface area contributed by atoms with E-state index < -0.39 is 16.9 Å². The van der Waals surface area contributed by atoms with Crippen molar-refractivity contribution in [2.75, 3.05) is 25.2 Å². The summed E-state index contributed by atoms with van der Waals surface area (Å²) in [6.07, 6.45) is 0. The second-order valence-corrected chi connectivity index (χ2v) is 8.02. The van der Waals surface area contributed by atoms with Gasteiger partial charge in [-0.2, -0.15) is 0 Å². The van der Waals surface area contributed by atoms with Crippen molar-refractivity contribution >= 4 is 57.9 Å². The molecule has 3 rings (SSSR count). The molecule has 1 N–H and O–H groups in total. The molecule has 0 fully saturated rings. The molecule has 8 nitrogen and oxygen atoms in total. The predicted molar refractivity (Wildman–Crippen MR) is 126 cm³/mol. The van der Waals surface area contributed by atoms with Crippen LogP contribution in [0.5, 0.6) is 0 Å². The number of carbonyl (C=O) groups is 1. The smallest absolute Gasteiger partial charge is 0.338 e. The van der Waals surface area contributed by atoms with Crippen LogP contribution in [0.15, 0.2) is 53.7 Å². The molecule has 0 aliphatic carbocycles. The van der Waals surface area contributed by atoms with Gasteiger partial charge >= 0.3 is 5.97 Å². The first-order chi connectivity index (χ1) is 15.2. The van der Waals surface area contributed by atoms with Gasteiger partial charge in [-0.3, -0.25) is 15.0 Å². The number of carbonyl (C=O) groups excluding carboxylic acids is 1. The van der Waals surface area contributed by atoms with Gasteiger partial charge in [-0.05, 0) is 49.5 Å². The van der Waals surface area contributed by atoms with Crippen LogP contribution in [0.3, 0.4) is 0 Å². The minimum Gasteiger partial charge on any atom is -0.460 e. The molecule has 0 saturated carbocycles. The lowest BCUT2D eigenvalue weighted by molar-refractivity contribution is -0.384. The number of esters is 1. The number of nitrogens with zero attached hydrogens (tertiary/aromatic N) is 2. The number of allylic oxidation sites excluding steroid dienone is 1. The number of rotatable bonds is 7. The largest absolute Gasteiger partial charge is 0.460 e. The summed E-state index contributed by atoms with van der Waals surface area (Å²) in [5.41, 5.74) is 1.55. The molecule has 0 amide bonds. The number of nitrogens with one attached hydrogen (secondary N) is 1. The Hall–Kier alpha value is -2.72. The van der Waals surface area contributed by atoms with Gasteiger partial charge in [0.15, 0.2) is 5.11 Å². The van der Waals surface area contributed by atoms with Crippen molar-refractivity contribution in [1.82, 2.24) is 5.32 Å². The molecule has 0 aromatic heterocycles. The van der Waals surface area contributed by atoms with Crippen LogP contribution < -0.4 is 10.2 Å². The van der Waals surface area contributed by atoms with Crippen molar-refractivity contribution in [2.45, 2.75) is 13.0 Å². The molecule has 1 heterocycles. The monoisotopic (exact) mass is 495 g/mol. The lowest BCUT2D eigenvalue weighted by Crippen LogP contribution is -2.48. The molecule has 1 aliphatic heterocycles. The Morgan fingerprint density at radius 2 is 1.91 bits per heavy atom. The van der Waals surface area contributed by atoms with Crippen LogP contribution in [0.2, 0.25) is 10.0 Å². The van der Waals surface area contributed by atoms with Crippen LogP contribution >= 0.6 is 35.4 Å². The molecule has 11 heteroatoms. The van der Waals surface area contributed by atoms with Crippen molar-refractivity contribution in [3.8, 4) is 0 Å². The number of halogens is 2. The van der Waals surface area contributed by atoms with Gasteiger partial charge in [-0.25, -0.2) is 4.79 Å². The van der Waals surface area contributed by atoms with Crippen molar-refractivity contribution in [1.29, 1.82) is 0 Å². The lowest BCUT2D eigenvalue weighted by Gasteiger charge is -2.37. The van der Waals surface area contributed by atoms with Crippen LogP contribution in [-0.4, -0.2) is 36.3 Å². The zero-order valence-corrected chi connectivity index (χ0v) is 19.5. The quantitative estimate of drug-likeness (QED) is 0.192. The van der Waals surface area contributed by atoms with E-state index in [0.29, 0.717) is 22.0 Å². The number of non-ortho nitro benzene ring substituents is 1. The van der Waals surface area contributed by atoms with Crippen molar-refractivity contribution in [3.05, 3.63) is 79.5 Å². The van der Waals surface area contributed by atoms with E-state index >= 15 is 0 Å². The summed E-state index contributed by atoms with van der Waals surface area (Å²) in [5, 5.41) is 15.5. The zero-order chi connectivity index (χ0) is 23.4. The number of nitro groups is 1. The highest BCUT2D eigenvalue weighted by molar-refractivity contribution is 7.80. The summed E-state index contributed by atoms with van der Waals surface area (Å²) in [6.45, 7) is 1.97. The third-order valence-electron chi connectivity index (χ3n) is 4.81. The number of hydrogen-bond donors (Lipinski definition) is 1. The summed E-state index contributed by atoms with van der Waals surface area (Å²) < 4.78 is 10.3. The molecule has 0 spiro atoms. The average Bonchev–Trinajstić information content (AvgIpc) is 2.75. The fraction of sp³-hybridized carbons (Fsp3) is 0.238. The normalized spacial score (nSPS) is 16.1. The van der Waals surface area contributed by atoms with Crippen molar-refractivity contribution < 1.29 is 19.2 Å². The van der Waals surface area contributed by atoms with E-state index in [2.05, 4.69) is 5.32 Å². The van der Waals surface area contributed by atoms with Gasteiger partial charge in [0.05, 0.1) is 23.1 Å². The zero-order valence-electron chi connectivity index (χ0n) is 17.1. The summed E-state index contributed by atoms with van der Waals surface area (Å²) in [4.78, 5) is 25.5. The van der Waals surface area contributed by atoms with Gasteiger partial charge < -0.3 is 14.8 Å². The second-order valence-electron chi connectivity index (χ2n) is 6.79. The highest BCUT2D eigenvalue weighted by Crippen LogP contribution is 2.38. The molecular weight excluding hydrogens is 477 g/mol. The summed E-state index contributed by atoms with van der Waals surface area (Å²) in [6, 6.07) is 10.1. The number of methoxy groups -OCH3 is 1. The molecule has 2 aromatic rings. The maximum Gasteiger partial charge on any atom is 0.338 e. The number of nitro benzene ring substituents is 1. The fourth-order valence-corrected chi connectivity index (χ4v) is 4.02. The standard InChI is InChI=1S/C21H19Cl2N3O5S/c1-12-18(20(27)31-10-9-30-2)19(16-11-15(26(28)29)7-8-17(16)23)24-21(32)25(12)14-5-3-13(22)4-6-14/h3-8,11,19H,9-10H2,1-2H3,(H,24,32). The van der Waals surface area contributed by atoms with E-state index in [4.69, 9.17) is 44.9 Å². The van der Waals surface area contributed by atoms with Gasteiger partial charge in [-0.1, -0.05) is 23.2 Å². The van der Waals surface area contributed by atoms with Gasteiger partial charge in [0.2, 0.25) is 0 Å². The van der Waals surface area contributed by atoms with E-state index in [1.807, 2.05) is 0 Å². The first-order valence-electron chi connectivity index (χ1n) is 9.41. The van der Waals surface area contributed by atoms with Crippen LogP contribution in [0, 0.1) is 10.1 Å². The highest BCUT2D eigenvalue weighted by Gasteiger charge is 2.37. The maximum absolute atomic E-state index is 13.1. The Kier molecular flexibility index (Phi) is 7.68. The van der Waals surface area contributed by atoms with Crippen LogP contribution in [0.1, 0.15) is 18.5 Å². The molecule has 2 aromatic carbocycles. The number of anilines is 1. The first kappa shape index (κ1) is 23.9. The van der Waals surface area contributed by atoms with E-state index in [1.54, 1.807) is 36.1 Å². The predicted octanol–water partition coefficient (Wildman–Crippen LogP) is 4.80. The molecular formula is C21H19Cl2N3O5S. The molecule has 168 valence electrons. The Balaban J connectivity index is 2.13. The summed E-state index contributed by atoms with van der Waals surface area (Å²) in [5.74, 6) is -0.624. The topological polar surface area (TPSA) is 93.9 Å². The van der Waals surface area contributed by atoms with Gasteiger partial charge in [0.25, 0.3) is 5.69 Å². The maximum atomic E-state index is 13.1. The minimum absolute atomic E-state index is 0.0346. The molecule has 0 radical (unpaired) electrons.